The fraction of sp³-hybridized carbons (Fsp3) is 0.667. The molecule has 110 valence electrons. The summed E-state index contributed by atoms with van der Waals surface area (Å²) < 4.78 is 0. The third-order valence-electron chi connectivity index (χ3n) is 4.83. The molecule has 0 aromatic heterocycles. The molecule has 2 fully saturated rings. The van der Waals surface area contributed by atoms with E-state index in [9.17, 15) is 0 Å². The van der Waals surface area contributed by atoms with Crippen molar-refractivity contribution in [1.82, 2.24) is 10.2 Å². The number of nitrogens with zero attached hydrogens (tertiary/aromatic N) is 1. The molecule has 3 rings (SSSR count). The summed E-state index contributed by atoms with van der Waals surface area (Å²) in [6.07, 6.45) is 5.51. The summed E-state index contributed by atoms with van der Waals surface area (Å²) in [5, 5.41) is 3.92. The van der Waals surface area contributed by atoms with Gasteiger partial charge < -0.3 is 10.2 Å². The van der Waals surface area contributed by atoms with Crippen LogP contribution in [0.15, 0.2) is 30.3 Å². The van der Waals surface area contributed by atoms with E-state index in [-0.39, 0.29) is 0 Å². The van der Waals surface area contributed by atoms with Crippen molar-refractivity contribution < 1.29 is 0 Å². The van der Waals surface area contributed by atoms with Gasteiger partial charge in [-0.05, 0) is 50.3 Å². The highest BCUT2D eigenvalue weighted by Gasteiger charge is 2.32. The van der Waals surface area contributed by atoms with E-state index in [4.69, 9.17) is 0 Å². The minimum absolute atomic E-state index is 0.494. The summed E-state index contributed by atoms with van der Waals surface area (Å²) in [6, 6.07) is 13.1. The molecule has 0 radical (unpaired) electrons. The number of hydrogen-bond donors (Lipinski definition) is 1. The summed E-state index contributed by atoms with van der Waals surface area (Å²) in [5.74, 6) is 0.638. The number of likely N-dealkylation sites (tertiary alicyclic amines) is 1. The van der Waals surface area contributed by atoms with Gasteiger partial charge in [0.1, 0.15) is 0 Å². The molecule has 2 nitrogen and oxygen atoms in total. The van der Waals surface area contributed by atoms with Crippen molar-refractivity contribution in [3.05, 3.63) is 35.9 Å². The van der Waals surface area contributed by atoms with Gasteiger partial charge in [-0.25, -0.2) is 0 Å². The molecular formula is C18H28N2. The van der Waals surface area contributed by atoms with E-state index in [1.165, 1.54) is 44.3 Å². The minimum atomic E-state index is 0.494. The van der Waals surface area contributed by atoms with E-state index in [0.29, 0.717) is 18.0 Å². The van der Waals surface area contributed by atoms with Gasteiger partial charge in [0.2, 0.25) is 0 Å². The van der Waals surface area contributed by atoms with E-state index in [2.05, 4.69) is 54.4 Å². The first kappa shape index (κ1) is 14.1. The summed E-state index contributed by atoms with van der Waals surface area (Å²) in [4.78, 5) is 2.70. The molecule has 0 spiro atoms. The molecule has 1 atom stereocenters. The van der Waals surface area contributed by atoms with Crippen LogP contribution in [-0.4, -0.2) is 30.1 Å². The second kappa shape index (κ2) is 6.28. The van der Waals surface area contributed by atoms with Gasteiger partial charge >= 0.3 is 0 Å². The van der Waals surface area contributed by atoms with Crippen LogP contribution in [0.1, 0.15) is 51.1 Å². The Kier molecular flexibility index (Phi) is 4.42. The Hall–Kier alpha value is -0.860. The summed E-state index contributed by atoms with van der Waals surface area (Å²) in [7, 11) is 0. The Balaban J connectivity index is 1.57. The van der Waals surface area contributed by atoms with Crippen LogP contribution in [0, 0.1) is 5.92 Å². The van der Waals surface area contributed by atoms with Crippen molar-refractivity contribution in [3.63, 3.8) is 0 Å². The zero-order chi connectivity index (χ0) is 13.9. The van der Waals surface area contributed by atoms with Crippen LogP contribution in [0.3, 0.4) is 0 Å². The molecule has 0 bridgehead atoms. The first-order valence-corrected chi connectivity index (χ1v) is 8.29. The fourth-order valence-corrected chi connectivity index (χ4v) is 3.46. The van der Waals surface area contributed by atoms with Crippen LogP contribution >= 0.6 is 0 Å². The molecule has 2 aliphatic rings. The number of piperidine rings is 1. The lowest BCUT2D eigenvalue weighted by Gasteiger charge is -2.36. The van der Waals surface area contributed by atoms with Crippen molar-refractivity contribution in [3.8, 4) is 0 Å². The lowest BCUT2D eigenvalue weighted by Crippen LogP contribution is -2.45. The maximum atomic E-state index is 3.92. The monoisotopic (exact) mass is 272 g/mol. The van der Waals surface area contributed by atoms with Crippen LogP contribution in [0.5, 0.6) is 0 Å². The molecular weight excluding hydrogens is 244 g/mol. The summed E-state index contributed by atoms with van der Waals surface area (Å²) >= 11 is 0. The average molecular weight is 272 g/mol. The summed E-state index contributed by atoms with van der Waals surface area (Å²) in [5.41, 5.74) is 1.44. The molecule has 1 aliphatic carbocycles. The fourth-order valence-electron chi connectivity index (χ4n) is 3.46. The van der Waals surface area contributed by atoms with Gasteiger partial charge in [-0.3, -0.25) is 0 Å². The van der Waals surface area contributed by atoms with E-state index in [0.717, 1.165) is 6.04 Å². The molecule has 1 aromatic rings. The normalized spacial score (nSPS) is 23.1. The topological polar surface area (TPSA) is 15.3 Å². The quantitative estimate of drug-likeness (QED) is 0.881. The van der Waals surface area contributed by atoms with Crippen molar-refractivity contribution in [2.24, 2.45) is 5.92 Å². The molecule has 1 aromatic carbocycles. The van der Waals surface area contributed by atoms with E-state index < -0.39 is 0 Å². The number of hydrogen-bond acceptors (Lipinski definition) is 2. The second-order valence-electron chi connectivity index (χ2n) is 6.84. The third kappa shape index (κ3) is 3.42. The highest BCUT2D eigenvalue weighted by Crippen LogP contribution is 2.30. The van der Waals surface area contributed by atoms with Gasteiger partial charge in [0, 0.05) is 18.1 Å². The van der Waals surface area contributed by atoms with Crippen molar-refractivity contribution in [2.45, 2.75) is 57.7 Å². The van der Waals surface area contributed by atoms with Crippen LogP contribution in [0.2, 0.25) is 0 Å². The van der Waals surface area contributed by atoms with E-state index in [1.807, 2.05) is 0 Å². The first-order chi connectivity index (χ1) is 9.74. The van der Waals surface area contributed by atoms with Crippen LogP contribution in [0.4, 0.5) is 0 Å². The Morgan fingerprint density at radius 1 is 1.00 bits per heavy atom. The average Bonchev–Trinajstić information content (AvgIpc) is 3.31. The number of benzene rings is 1. The predicted molar refractivity (Wildman–Crippen MR) is 84.8 cm³/mol. The van der Waals surface area contributed by atoms with E-state index in [1.54, 1.807) is 0 Å². The SMILES string of the molecule is CC(C)C(NC1CCN(C2CC2)CC1)c1ccccc1. The van der Waals surface area contributed by atoms with Crippen LogP contribution < -0.4 is 5.32 Å². The molecule has 1 unspecified atom stereocenters. The van der Waals surface area contributed by atoms with Gasteiger partial charge in [0.15, 0.2) is 0 Å². The molecule has 1 aliphatic heterocycles. The van der Waals surface area contributed by atoms with Gasteiger partial charge in [-0.1, -0.05) is 44.2 Å². The lowest BCUT2D eigenvalue weighted by molar-refractivity contribution is 0.177. The minimum Gasteiger partial charge on any atom is -0.307 e. The zero-order valence-corrected chi connectivity index (χ0v) is 12.9. The maximum absolute atomic E-state index is 3.92. The van der Waals surface area contributed by atoms with Crippen molar-refractivity contribution >= 4 is 0 Å². The van der Waals surface area contributed by atoms with E-state index >= 15 is 0 Å². The molecule has 1 saturated carbocycles. The molecule has 1 N–H and O–H groups in total. The zero-order valence-electron chi connectivity index (χ0n) is 12.9. The first-order valence-electron chi connectivity index (χ1n) is 8.29. The number of rotatable bonds is 5. The largest absolute Gasteiger partial charge is 0.307 e. The second-order valence-corrected chi connectivity index (χ2v) is 6.84. The smallest absolute Gasteiger partial charge is 0.0345 e. The van der Waals surface area contributed by atoms with Crippen LogP contribution in [0.25, 0.3) is 0 Å². The highest BCUT2D eigenvalue weighted by atomic mass is 15.2. The third-order valence-corrected chi connectivity index (χ3v) is 4.83. The Bertz CT molecular complexity index is 403. The Labute approximate surface area is 123 Å². The maximum Gasteiger partial charge on any atom is 0.0345 e. The van der Waals surface area contributed by atoms with Gasteiger partial charge in [-0.15, -0.1) is 0 Å². The Morgan fingerprint density at radius 2 is 1.65 bits per heavy atom. The summed E-state index contributed by atoms with van der Waals surface area (Å²) in [6.45, 7) is 7.23. The van der Waals surface area contributed by atoms with Gasteiger partial charge in [0.25, 0.3) is 0 Å². The van der Waals surface area contributed by atoms with Gasteiger partial charge in [0.05, 0.1) is 0 Å². The molecule has 20 heavy (non-hydrogen) atoms. The molecule has 1 heterocycles. The highest BCUT2D eigenvalue weighted by molar-refractivity contribution is 5.19. The molecule has 1 saturated heterocycles. The van der Waals surface area contributed by atoms with Gasteiger partial charge in [-0.2, -0.15) is 0 Å². The Morgan fingerprint density at radius 3 is 2.20 bits per heavy atom. The lowest BCUT2D eigenvalue weighted by atomic mass is 9.93. The standard InChI is InChI=1S/C18H28N2/c1-14(2)18(15-6-4-3-5-7-15)19-16-10-12-20(13-11-16)17-8-9-17/h3-7,14,16-19H,8-13H2,1-2H3. The predicted octanol–water partition coefficient (Wildman–Crippen LogP) is 3.60. The molecule has 0 amide bonds. The molecule has 2 heteroatoms. The van der Waals surface area contributed by atoms with Crippen molar-refractivity contribution in [2.75, 3.05) is 13.1 Å². The van der Waals surface area contributed by atoms with Crippen LogP contribution in [-0.2, 0) is 0 Å². The van der Waals surface area contributed by atoms with Crippen molar-refractivity contribution in [1.29, 1.82) is 0 Å². The number of nitrogens with one attached hydrogen (secondary N) is 1.